The van der Waals surface area contributed by atoms with Crippen LogP contribution in [0.1, 0.15) is 28.0 Å². The van der Waals surface area contributed by atoms with E-state index in [2.05, 4.69) is 9.72 Å². The minimum Gasteiger partial charge on any atom is -0.494 e. The number of carbonyl (C=O) groups is 1. The molecule has 0 aliphatic carbocycles. The molecule has 1 aromatic rings. The van der Waals surface area contributed by atoms with Crippen molar-refractivity contribution in [3.63, 3.8) is 0 Å². The second kappa shape index (κ2) is 4.53. The number of methoxy groups -OCH3 is 1. The van der Waals surface area contributed by atoms with Gasteiger partial charge in [0.15, 0.2) is 5.75 Å². The zero-order chi connectivity index (χ0) is 12.3. The molecule has 0 saturated heterocycles. The molecule has 0 aromatic carbocycles. The molecule has 0 spiro atoms. The monoisotopic (exact) mass is 228 g/mol. The zero-order valence-electron chi connectivity index (χ0n) is 8.07. The van der Waals surface area contributed by atoms with E-state index in [0.717, 1.165) is 13.3 Å². The topological polar surface area (TPSA) is 83.2 Å². The standard InChI is InChI=1S/C9H6F2N2O3/c1-16-7-4(2-12)3-13-6(8(10)11)5(7)9(14)15/h3,8H,1H3,(H,14,15). The molecule has 0 unspecified atom stereocenters. The molecular formula is C9H6F2N2O3. The SMILES string of the molecule is COc1c(C#N)cnc(C(F)F)c1C(=O)O. The Hall–Kier alpha value is -2.23. The summed E-state index contributed by atoms with van der Waals surface area (Å²) in [5, 5.41) is 17.4. The molecule has 0 radical (unpaired) electrons. The third-order valence-electron chi connectivity index (χ3n) is 1.81. The molecule has 84 valence electrons. The third kappa shape index (κ3) is 1.91. The quantitative estimate of drug-likeness (QED) is 0.849. The lowest BCUT2D eigenvalue weighted by atomic mass is 10.1. The minimum atomic E-state index is -3.05. The summed E-state index contributed by atoms with van der Waals surface area (Å²) in [6, 6.07) is 1.61. The molecule has 0 atom stereocenters. The number of pyridine rings is 1. The molecule has 1 N–H and O–H groups in total. The van der Waals surface area contributed by atoms with Crippen LogP contribution in [-0.2, 0) is 0 Å². The number of aromatic nitrogens is 1. The Labute approximate surface area is 88.9 Å². The number of rotatable bonds is 3. The van der Waals surface area contributed by atoms with E-state index < -0.39 is 29.4 Å². The van der Waals surface area contributed by atoms with Crippen molar-refractivity contribution < 1.29 is 23.4 Å². The highest BCUT2D eigenvalue weighted by Crippen LogP contribution is 2.30. The molecule has 1 heterocycles. The van der Waals surface area contributed by atoms with Crippen LogP contribution in [0, 0.1) is 11.3 Å². The number of ether oxygens (including phenoxy) is 1. The zero-order valence-corrected chi connectivity index (χ0v) is 8.07. The average Bonchev–Trinajstić information content (AvgIpc) is 2.26. The van der Waals surface area contributed by atoms with Crippen LogP contribution in [0.3, 0.4) is 0 Å². The van der Waals surface area contributed by atoms with E-state index in [1.165, 1.54) is 0 Å². The van der Waals surface area contributed by atoms with Crippen molar-refractivity contribution in [3.05, 3.63) is 23.0 Å². The molecule has 0 aliphatic heterocycles. The predicted octanol–water partition coefficient (Wildman–Crippen LogP) is 1.60. The van der Waals surface area contributed by atoms with Gasteiger partial charge in [-0.15, -0.1) is 0 Å². The first-order valence-corrected chi connectivity index (χ1v) is 4.01. The lowest BCUT2D eigenvalue weighted by Crippen LogP contribution is -2.09. The van der Waals surface area contributed by atoms with Gasteiger partial charge in [0.2, 0.25) is 0 Å². The molecule has 1 rings (SSSR count). The van der Waals surface area contributed by atoms with Crippen LogP contribution in [0.4, 0.5) is 8.78 Å². The van der Waals surface area contributed by atoms with Gasteiger partial charge in [0.25, 0.3) is 6.43 Å². The molecule has 0 amide bonds. The molecular weight excluding hydrogens is 222 g/mol. The summed E-state index contributed by atoms with van der Waals surface area (Å²) >= 11 is 0. The van der Waals surface area contributed by atoms with Gasteiger partial charge in [0.1, 0.15) is 22.9 Å². The summed E-state index contributed by atoms with van der Waals surface area (Å²) in [6.45, 7) is 0. The molecule has 7 heteroatoms. The van der Waals surface area contributed by atoms with Crippen LogP contribution in [0.15, 0.2) is 6.20 Å². The smallest absolute Gasteiger partial charge is 0.341 e. The number of nitriles is 1. The van der Waals surface area contributed by atoms with E-state index in [-0.39, 0.29) is 5.56 Å². The first kappa shape index (κ1) is 11.8. The minimum absolute atomic E-state index is 0.204. The highest BCUT2D eigenvalue weighted by Gasteiger charge is 2.26. The van der Waals surface area contributed by atoms with E-state index >= 15 is 0 Å². The van der Waals surface area contributed by atoms with Crippen LogP contribution >= 0.6 is 0 Å². The predicted molar refractivity (Wildman–Crippen MR) is 47.4 cm³/mol. The van der Waals surface area contributed by atoms with Gasteiger partial charge in [-0.25, -0.2) is 13.6 Å². The van der Waals surface area contributed by atoms with Crippen molar-refractivity contribution in [1.29, 1.82) is 5.26 Å². The summed E-state index contributed by atoms with van der Waals surface area (Å²) < 4.78 is 29.6. The van der Waals surface area contributed by atoms with Crippen molar-refractivity contribution in [2.24, 2.45) is 0 Å². The molecule has 0 aliphatic rings. The van der Waals surface area contributed by atoms with Gasteiger partial charge in [-0.3, -0.25) is 4.98 Å². The Kier molecular flexibility index (Phi) is 3.35. The second-order valence-corrected chi connectivity index (χ2v) is 2.68. The molecule has 16 heavy (non-hydrogen) atoms. The van der Waals surface area contributed by atoms with Crippen molar-refractivity contribution in [1.82, 2.24) is 4.98 Å². The number of carboxylic acids is 1. The van der Waals surface area contributed by atoms with Gasteiger partial charge in [0, 0.05) is 6.20 Å². The maximum absolute atomic E-state index is 12.5. The number of alkyl halides is 2. The van der Waals surface area contributed by atoms with E-state index in [9.17, 15) is 13.6 Å². The number of aromatic carboxylic acids is 1. The summed E-state index contributed by atoms with van der Waals surface area (Å²) in [5.41, 5.74) is -1.90. The Balaban J connectivity index is 3.58. The van der Waals surface area contributed by atoms with Gasteiger partial charge in [-0.1, -0.05) is 0 Å². The lowest BCUT2D eigenvalue weighted by Gasteiger charge is -2.10. The molecule has 0 fully saturated rings. The Morgan fingerprint density at radius 3 is 2.69 bits per heavy atom. The van der Waals surface area contributed by atoms with E-state index in [1.54, 1.807) is 6.07 Å². The maximum atomic E-state index is 12.5. The lowest BCUT2D eigenvalue weighted by molar-refractivity contribution is 0.0677. The van der Waals surface area contributed by atoms with E-state index in [4.69, 9.17) is 10.4 Å². The van der Waals surface area contributed by atoms with Crippen LogP contribution < -0.4 is 4.74 Å². The van der Waals surface area contributed by atoms with Gasteiger partial charge in [-0.05, 0) is 0 Å². The maximum Gasteiger partial charge on any atom is 0.341 e. The van der Waals surface area contributed by atoms with Gasteiger partial charge >= 0.3 is 5.97 Å². The fraction of sp³-hybridized carbons (Fsp3) is 0.222. The first-order chi connectivity index (χ1) is 7.52. The molecule has 1 aromatic heterocycles. The molecule has 0 bridgehead atoms. The number of nitrogens with zero attached hydrogens (tertiary/aromatic N) is 2. The third-order valence-corrected chi connectivity index (χ3v) is 1.81. The van der Waals surface area contributed by atoms with Crippen molar-refractivity contribution in [3.8, 4) is 11.8 Å². The molecule has 0 saturated carbocycles. The van der Waals surface area contributed by atoms with Crippen LogP contribution in [0.25, 0.3) is 0 Å². The number of hydrogen-bond acceptors (Lipinski definition) is 4. The normalized spacial score (nSPS) is 9.94. The van der Waals surface area contributed by atoms with Crippen LogP contribution in [0.2, 0.25) is 0 Å². The van der Waals surface area contributed by atoms with Crippen molar-refractivity contribution in [2.45, 2.75) is 6.43 Å². The summed E-state index contributed by atoms with van der Waals surface area (Å²) in [7, 11) is 1.10. The van der Waals surface area contributed by atoms with Crippen LogP contribution in [0.5, 0.6) is 5.75 Å². The first-order valence-electron chi connectivity index (χ1n) is 4.01. The highest BCUT2D eigenvalue weighted by atomic mass is 19.3. The average molecular weight is 228 g/mol. The second-order valence-electron chi connectivity index (χ2n) is 2.68. The van der Waals surface area contributed by atoms with E-state index in [1.807, 2.05) is 0 Å². The fourth-order valence-corrected chi connectivity index (χ4v) is 1.17. The Morgan fingerprint density at radius 2 is 2.31 bits per heavy atom. The Morgan fingerprint density at radius 1 is 1.69 bits per heavy atom. The number of hydrogen-bond donors (Lipinski definition) is 1. The van der Waals surface area contributed by atoms with Crippen molar-refractivity contribution >= 4 is 5.97 Å². The van der Waals surface area contributed by atoms with Gasteiger partial charge < -0.3 is 9.84 Å². The largest absolute Gasteiger partial charge is 0.494 e. The number of halogens is 2. The van der Waals surface area contributed by atoms with Crippen molar-refractivity contribution in [2.75, 3.05) is 7.11 Å². The van der Waals surface area contributed by atoms with Crippen LogP contribution in [-0.4, -0.2) is 23.2 Å². The van der Waals surface area contributed by atoms with E-state index in [0.29, 0.717) is 0 Å². The summed E-state index contributed by atoms with van der Waals surface area (Å²) in [5.74, 6) is -2.02. The summed E-state index contributed by atoms with van der Waals surface area (Å²) in [6.07, 6.45) is -2.19. The van der Waals surface area contributed by atoms with Gasteiger partial charge in [0.05, 0.1) is 7.11 Å². The molecule has 5 nitrogen and oxygen atoms in total. The fourth-order valence-electron chi connectivity index (χ4n) is 1.17. The highest BCUT2D eigenvalue weighted by molar-refractivity contribution is 5.93. The Bertz CT molecular complexity index is 469. The number of carboxylic acid groups (broad SMARTS) is 1. The summed E-state index contributed by atoms with van der Waals surface area (Å²) in [4.78, 5) is 14.1. The van der Waals surface area contributed by atoms with Gasteiger partial charge in [-0.2, -0.15) is 5.26 Å².